The van der Waals surface area contributed by atoms with Crippen LogP contribution in [0.5, 0.6) is 11.5 Å². The average molecular weight is 477 g/mol. The van der Waals surface area contributed by atoms with Crippen LogP contribution in [0.3, 0.4) is 0 Å². The van der Waals surface area contributed by atoms with Crippen LogP contribution >= 0.6 is 0 Å². The van der Waals surface area contributed by atoms with Crippen LogP contribution in [-0.2, 0) is 4.74 Å². The highest BCUT2D eigenvalue weighted by molar-refractivity contribution is 6.21. The van der Waals surface area contributed by atoms with Gasteiger partial charge < -0.3 is 29.2 Å². The lowest BCUT2D eigenvalue weighted by molar-refractivity contribution is 0.0524. The van der Waals surface area contributed by atoms with Gasteiger partial charge in [-0.1, -0.05) is 0 Å². The van der Waals surface area contributed by atoms with Gasteiger partial charge in [0.05, 0.1) is 6.61 Å². The van der Waals surface area contributed by atoms with Crippen LogP contribution in [0.4, 0.5) is 17.4 Å². The minimum atomic E-state index is -0.690. The predicted octanol–water partition coefficient (Wildman–Crippen LogP) is 4.81. The number of carbonyl (C=O) groups is 1. The van der Waals surface area contributed by atoms with Gasteiger partial charge in [-0.2, -0.15) is 0 Å². The Hall–Kier alpha value is -4.11. The molecule has 3 heterocycles. The van der Waals surface area contributed by atoms with Crippen LogP contribution in [0.2, 0.25) is 0 Å². The standard InChI is InChI=1S/C26H28N4O5/c1-5-33-26(32)22-23(31)21(14-17-15-28-24-19(17)7-6-10-27-24)35-25(22)29-20-9-8-18(13-16(20)2)34-12-11-30(3)4/h6-10,13-15,29,31H,5,11-12H2,1-4H3. The first-order valence-corrected chi connectivity index (χ1v) is 11.3. The second kappa shape index (κ2) is 10.4. The Balaban J connectivity index is 1.64. The number of hydrogen-bond acceptors (Lipinski definition) is 9. The van der Waals surface area contributed by atoms with Crippen LogP contribution in [0.25, 0.3) is 11.6 Å². The van der Waals surface area contributed by atoms with E-state index in [9.17, 15) is 9.90 Å². The number of rotatable bonds is 9. The summed E-state index contributed by atoms with van der Waals surface area (Å²) in [5, 5.41) is 14.0. The van der Waals surface area contributed by atoms with Crippen molar-refractivity contribution in [1.82, 2.24) is 9.88 Å². The number of anilines is 2. The number of aryl methyl sites for hydroxylation is 1. The number of likely N-dealkylation sites (N-methyl/N-ethyl adjacent to an activating group) is 1. The summed E-state index contributed by atoms with van der Waals surface area (Å²) in [5.74, 6) is 0.502. The van der Waals surface area contributed by atoms with Crippen molar-refractivity contribution in [3.8, 4) is 11.5 Å². The van der Waals surface area contributed by atoms with Gasteiger partial charge in [-0.05, 0) is 69.9 Å². The van der Waals surface area contributed by atoms with Gasteiger partial charge in [0.1, 0.15) is 12.4 Å². The topological polar surface area (TPSA) is 109 Å². The van der Waals surface area contributed by atoms with Gasteiger partial charge in [0.25, 0.3) is 0 Å². The maximum Gasteiger partial charge on any atom is 0.347 e. The van der Waals surface area contributed by atoms with Crippen molar-refractivity contribution in [1.29, 1.82) is 0 Å². The first-order chi connectivity index (χ1) is 16.9. The normalized spacial score (nSPS) is 13.3. The quantitative estimate of drug-likeness (QED) is 0.424. The molecule has 0 saturated carbocycles. The molecule has 0 bridgehead atoms. The average Bonchev–Trinajstić information content (AvgIpc) is 3.36. The lowest BCUT2D eigenvalue weighted by atomic mass is 10.1. The van der Waals surface area contributed by atoms with Crippen molar-refractivity contribution in [3.05, 3.63) is 59.0 Å². The number of allylic oxidation sites excluding steroid dienone is 1. The zero-order valence-corrected chi connectivity index (χ0v) is 20.2. The number of nitrogens with one attached hydrogen (secondary N) is 1. The summed E-state index contributed by atoms with van der Waals surface area (Å²) in [6.45, 7) is 5.14. The second-order valence-corrected chi connectivity index (χ2v) is 8.23. The number of ether oxygens (including phenoxy) is 2. The molecule has 2 N–H and O–H groups in total. The van der Waals surface area contributed by atoms with Crippen LogP contribution in [0.15, 0.2) is 45.9 Å². The molecule has 0 fully saturated rings. The molecule has 9 nitrogen and oxygen atoms in total. The smallest absolute Gasteiger partial charge is 0.347 e. The van der Waals surface area contributed by atoms with E-state index in [4.69, 9.17) is 13.9 Å². The zero-order chi connectivity index (χ0) is 24.9. The number of nitrogens with zero attached hydrogens (tertiary/aromatic N) is 3. The third-order valence-electron chi connectivity index (χ3n) is 5.35. The third-order valence-corrected chi connectivity index (χ3v) is 5.35. The Labute approximate surface area is 203 Å². The number of benzene rings is 1. The molecule has 0 amide bonds. The van der Waals surface area contributed by atoms with Gasteiger partial charge in [0, 0.05) is 35.8 Å². The molecule has 0 saturated heterocycles. The molecule has 0 atom stereocenters. The lowest BCUT2D eigenvalue weighted by Gasteiger charge is -2.13. The van der Waals surface area contributed by atoms with Crippen LogP contribution < -0.4 is 10.1 Å². The molecule has 0 unspecified atom stereocenters. The highest BCUT2D eigenvalue weighted by atomic mass is 16.5. The number of esters is 1. The fourth-order valence-electron chi connectivity index (χ4n) is 3.53. The van der Waals surface area contributed by atoms with E-state index in [1.807, 2.05) is 50.2 Å². The fourth-order valence-corrected chi connectivity index (χ4v) is 3.53. The molecule has 1 aromatic carbocycles. The number of carbonyl (C=O) groups excluding carboxylic acids is 1. The molecule has 182 valence electrons. The van der Waals surface area contributed by atoms with Crippen molar-refractivity contribution in [2.45, 2.75) is 13.8 Å². The first kappa shape index (κ1) is 24.0. The molecular weight excluding hydrogens is 448 g/mol. The Kier molecular flexibility index (Phi) is 7.17. The number of fused-ring (bicyclic) bond motifs is 1. The van der Waals surface area contributed by atoms with E-state index < -0.39 is 5.97 Å². The monoisotopic (exact) mass is 476 g/mol. The number of aromatic hydroxyl groups is 1. The van der Waals surface area contributed by atoms with Gasteiger partial charge in [-0.25, -0.2) is 14.8 Å². The van der Waals surface area contributed by atoms with Gasteiger partial charge in [-0.3, -0.25) is 0 Å². The van der Waals surface area contributed by atoms with E-state index in [0.717, 1.165) is 23.4 Å². The molecule has 9 heteroatoms. The van der Waals surface area contributed by atoms with Gasteiger partial charge in [0.2, 0.25) is 5.88 Å². The molecule has 1 aliphatic rings. The molecule has 0 radical (unpaired) electrons. The van der Waals surface area contributed by atoms with Gasteiger partial charge >= 0.3 is 5.97 Å². The van der Waals surface area contributed by atoms with Crippen molar-refractivity contribution in [2.24, 2.45) is 4.99 Å². The molecule has 4 rings (SSSR count). The Morgan fingerprint density at radius 2 is 2.11 bits per heavy atom. The first-order valence-electron chi connectivity index (χ1n) is 11.3. The Bertz CT molecular complexity index is 1290. The van der Waals surface area contributed by atoms with Gasteiger partial charge in [-0.15, -0.1) is 0 Å². The summed E-state index contributed by atoms with van der Waals surface area (Å²) in [5.41, 5.74) is 3.00. The van der Waals surface area contributed by atoms with Crippen molar-refractivity contribution in [2.75, 3.05) is 39.2 Å². The Morgan fingerprint density at radius 3 is 2.86 bits per heavy atom. The third kappa shape index (κ3) is 5.36. The van der Waals surface area contributed by atoms with E-state index in [1.165, 1.54) is 0 Å². The number of aliphatic imine (C=N–C) groups is 1. The minimum Gasteiger partial charge on any atom is -0.504 e. The molecular formula is C26H28N4O5. The highest BCUT2D eigenvalue weighted by Gasteiger charge is 2.27. The minimum absolute atomic E-state index is 0.0780. The number of hydrogen-bond donors (Lipinski definition) is 2. The maximum atomic E-state index is 12.7. The number of aromatic nitrogens is 1. The molecule has 0 aliphatic carbocycles. The summed E-state index contributed by atoms with van der Waals surface area (Å²) in [6.07, 6.45) is 4.91. The number of furan rings is 1. The summed E-state index contributed by atoms with van der Waals surface area (Å²) >= 11 is 0. The predicted molar refractivity (Wildman–Crippen MR) is 135 cm³/mol. The lowest BCUT2D eigenvalue weighted by Crippen LogP contribution is -2.19. The highest BCUT2D eigenvalue weighted by Crippen LogP contribution is 2.40. The summed E-state index contributed by atoms with van der Waals surface area (Å²) in [7, 11) is 3.97. The summed E-state index contributed by atoms with van der Waals surface area (Å²) < 4.78 is 16.9. The van der Waals surface area contributed by atoms with Crippen molar-refractivity contribution < 1.29 is 23.8 Å². The number of pyridine rings is 1. The maximum absolute atomic E-state index is 12.7. The van der Waals surface area contributed by atoms with Gasteiger partial charge in [0.15, 0.2) is 22.9 Å². The van der Waals surface area contributed by atoms with E-state index in [-0.39, 0.29) is 29.6 Å². The fraction of sp³-hybridized carbons (Fsp3) is 0.269. The largest absolute Gasteiger partial charge is 0.504 e. The molecule has 35 heavy (non-hydrogen) atoms. The van der Waals surface area contributed by atoms with E-state index in [1.54, 1.807) is 31.5 Å². The molecule has 3 aromatic rings. The van der Waals surface area contributed by atoms with Crippen molar-refractivity contribution in [3.63, 3.8) is 0 Å². The van der Waals surface area contributed by atoms with Crippen molar-refractivity contribution >= 4 is 41.2 Å². The van der Waals surface area contributed by atoms with E-state index in [0.29, 0.717) is 23.7 Å². The van der Waals surface area contributed by atoms with E-state index in [2.05, 4.69) is 15.3 Å². The molecule has 0 spiro atoms. The second-order valence-electron chi connectivity index (χ2n) is 8.23. The van der Waals surface area contributed by atoms with Crippen LogP contribution in [-0.4, -0.2) is 61.0 Å². The summed E-state index contributed by atoms with van der Waals surface area (Å²) in [4.78, 5) is 23.2. The SMILES string of the molecule is CCOC(=O)c1c(Nc2ccc(OCCN(C)C)cc2C)oc(C=C2C=Nc3ncccc32)c1O. The molecule has 1 aliphatic heterocycles. The Morgan fingerprint density at radius 1 is 1.29 bits per heavy atom. The van der Waals surface area contributed by atoms with Crippen LogP contribution in [0, 0.1) is 6.92 Å². The zero-order valence-electron chi connectivity index (χ0n) is 20.2. The summed E-state index contributed by atoms with van der Waals surface area (Å²) in [6, 6.07) is 9.24. The van der Waals surface area contributed by atoms with Crippen LogP contribution in [0.1, 0.15) is 34.2 Å². The van der Waals surface area contributed by atoms with E-state index >= 15 is 0 Å². The molecule has 2 aromatic heterocycles.